The average Bonchev–Trinajstić information content (AvgIpc) is 2.28. The average molecular weight is 218 g/mol. The van der Waals surface area contributed by atoms with Crippen LogP contribution in [0.15, 0.2) is 30.3 Å². The number of para-hydroxylation sites is 1. The Hall–Kier alpha value is -1.57. The van der Waals surface area contributed by atoms with E-state index in [1.54, 1.807) is 30.4 Å². The fraction of sp³-hybridized carbons (Fsp3) is 0.357. The first-order valence-electron chi connectivity index (χ1n) is 5.73. The molecule has 2 nitrogen and oxygen atoms in total. The number of phenols is 1. The molecule has 2 heteroatoms. The van der Waals surface area contributed by atoms with Crippen LogP contribution in [0.25, 0.3) is 6.08 Å². The standard InChI is InChI=1S/C14H18O2/c1-2-3-4-8-13(15)11-10-12-7-5-6-9-14(12)16/h5-7,9-11,16H,2-4,8H2,1H3/b11-10+. The molecule has 1 N–H and O–H groups in total. The van der Waals surface area contributed by atoms with Crippen molar-refractivity contribution >= 4 is 11.9 Å². The summed E-state index contributed by atoms with van der Waals surface area (Å²) in [5.74, 6) is 0.330. The van der Waals surface area contributed by atoms with Gasteiger partial charge >= 0.3 is 0 Å². The van der Waals surface area contributed by atoms with Crippen molar-refractivity contribution in [3.05, 3.63) is 35.9 Å². The second-order valence-electron chi connectivity index (χ2n) is 3.82. The number of benzene rings is 1. The van der Waals surface area contributed by atoms with Crippen LogP contribution in [0.3, 0.4) is 0 Å². The van der Waals surface area contributed by atoms with Crippen LogP contribution in [0.5, 0.6) is 5.75 Å². The van der Waals surface area contributed by atoms with Gasteiger partial charge in [0, 0.05) is 12.0 Å². The molecule has 0 atom stereocenters. The number of phenolic OH excluding ortho intramolecular Hbond substituents is 1. The second-order valence-corrected chi connectivity index (χ2v) is 3.82. The van der Waals surface area contributed by atoms with Gasteiger partial charge in [-0.25, -0.2) is 0 Å². The highest BCUT2D eigenvalue weighted by Crippen LogP contribution is 2.17. The molecular weight excluding hydrogens is 200 g/mol. The lowest BCUT2D eigenvalue weighted by Gasteiger charge is -1.97. The van der Waals surface area contributed by atoms with Gasteiger partial charge in [-0.3, -0.25) is 4.79 Å². The van der Waals surface area contributed by atoms with Gasteiger partial charge in [0.1, 0.15) is 5.75 Å². The molecule has 0 heterocycles. The molecule has 0 spiro atoms. The van der Waals surface area contributed by atoms with Crippen molar-refractivity contribution < 1.29 is 9.90 Å². The van der Waals surface area contributed by atoms with E-state index in [0.717, 1.165) is 19.3 Å². The van der Waals surface area contributed by atoms with Crippen molar-refractivity contribution in [3.63, 3.8) is 0 Å². The summed E-state index contributed by atoms with van der Waals surface area (Å²) in [5.41, 5.74) is 0.686. The van der Waals surface area contributed by atoms with E-state index < -0.39 is 0 Å². The van der Waals surface area contributed by atoms with Crippen LogP contribution in [0.1, 0.15) is 38.2 Å². The summed E-state index contributed by atoms with van der Waals surface area (Å²) < 4.78 is 0. The zero-order valence-electron chi connectivity index (χ0n) is 9.65. The first-order valence-corrected chi connectivity index (χ1v) is 5.73. The molecule has 0 radical (unpaired) electrons. The Kier molecular flexibility index (Phi) is 5.34. The molecule has 0 aliphatic rings. The van der Waals surface area contributed by atoms with Crippen LogP contribution in [0, 0.1) is 0 Å². The van der Waals surface area contributed by atoms with Gasteiger partial charge in [-0.2, -0.15) is 0 Å². The number of rotatable bonds is 6. The van der Waals surface area contributed by atoms with Crippen molar-refractivity contribution in [2.75, 3.05) is 0 Å². The summed E-state index contributed by atoms with van der Waals surface area (Å²) in [6.07, 6.45) is 6.97. The third-order valence-corrected chi connectivity index (χ3v) is 2.41. The lowest BCUT2D eigenvalue weighted by Crippen LogP contribution is -1.91. The Morgan fingerprint density at radius 3 is 2.75 bits per heavy atom. The number of hydrogen-bond acceptors (Lipinski definition) is 2. The Labute approximate surface area is 96.6 Å². The van der Waals surface area contributed by atoms with Gasteiger partial charge in [0.25, 0.3) is 0 Å². The van der Waals surface area contributed by atoms with E-state index in [0.29, 0.717) is 12.0 Å². The van der Waals surface area contributed by atoms with Crippen LogP contribution in [0.2, 0.25) is 0 Å². The predicted octanol–water partition coefficient (Wildman–Crippen LogP) is 3.55. The zero-order chi connectivity index (χ0) is 11.8. The van der Waals surface area contributed by atoms with Crippen molar-refractivity contribution in [2.24, 2.45) is 0 Å². The Morgan fingerprint density at radius 1 is 1.31 bits per heavy atom. The molecule has 0 amide bonds. The molecule has 0 bridgehead atoms. The van der Waals surface area contributed by atoms with Gasteiger partial charge in [-0.1, -0.05) is 38.0 Å². The minimum atomic E-state index is 0.122. The molecule has 0 saturated heterocycles. The third-order valence-electron chi connectivity index (χ3n) is 2.41. The van der Waals surface area contributed by atoms with Crippen molar-refractivity contribution in [2.45, 2.75) is 32.6 Å². The topological polar surface area (TPSA) is 37.3 Å². The third kappa shape index (κ3) is 4.30. The monoisotopic (exact) mass is 218 g/mol. The van der Waals surface area contributed by atoms with Gasteiger partial charge < -0.3 is 5.11 Å². The number of unbranched alkanes of at least 4 members (excludes halogenated alkanes) is 2. The highest BCUT2D eigenvalue weighted by molar-refractivity contribution is 5.93. The lowest BCUT2D eigenvalue weighted by molar-refractivity contribution is -0.114. The molecule has 0 aromatic heterocycles. The van der Waals surface area contributed by atoms with Gasteiger partial charge in [0.15, 0.2) is 5.78 Å². The molecule has 1 aromatic rings. The molecule has 0 aliphatic carbocycles. The maximum atomic E-state index is 11.4. The maximum absolute atomic E-state index is 11.4. The molecule has 1 aromatic carbocycles. The largest absolute Gasteiger partial charge is 0.507 e. The highest BCUT2D eigenvalue weighted by atomic mass is 16.3. The van der Waals surface area contributed by atoms with E-state index in [-0.39, 0.29) is 11.5 Å². The molecular formula is C14H18O2. The fourth-order valence-electron chi connectivity index (χ4n) is 1.44. The quantitative estimate of drug-likeness (QED) is 0.585. The van der Waals surface area contributed by atoms with Gasteiger partial charge in [0.05, 0.1) is 0 Å². The summed E-state index contributed by atoms with van der Waals surface area (Å²) in [6.45, 7) is 2.11. The summed E-state index contributed by atoms with van der Waals surface area (Å²) in [6, 6.07) is 6.99. The molecule has 16 heavy (non-hydrogen) atoms. The van der Waals surface area contributed by atoms with Crippen molar-refractivity contribution in [3.8, 4) is 5.75 Å². The van der Waals surface area contributed by atoms with Gasteiger partial charge in [-0.15, -0.1) is 0 Å². The van der Waals surface area contributed by atoms with E-state index in [9.17, 15) is 9.90 Å². The SMILES string of the molecule is CCCCCC(=O)/C=C/c1ccccc1O. The first kappa shape index (κ1) is 12.5. The normalized spacial score (nSPS) is 10.8. The van der Waals surface area contributed by atoms with Crippen molar-refractivity contribution in [1.82, 2.24) is 0 Å². The minimum absolute atomic E-state index is 0.122. The lowest BCUT2D eigenvalue weighted by atomic mass is 10.1. The minimum Gasteiger partial charge on any atom is -0.507 e. The van der Waals surface area contributed by atoms with E-state index in [1.807, 2.05) is 6.07 Å². The molecule has 0 unspecified atom stereocenters. The zero-order valence-corrected chi connectivity index (χ0v) is 9.65. The molecule has 1 rings (SSSR count). The molecule has 0 fully saturated rings. The number of allylic oxidation sites excluding steroid dienone is 1. The van der Waals surface area contributed by atoms with Gasteiger partial charge in [0.2, 0.25) is 0 Å². The molecule has 0 saturated carbocycles. The number of ketones is 1. The smallest absolute Gasteiger partial charge is 0.155 e. The number of carbonyl (C=O) groups is 1. The van der Waals surface area contributed by atoms with Crippen LogP contribution in [-0.2, 0) is 4.79 Å². The van der Waals surface area contributed by atoms with E-state index in [4.69, 9.17) is 0 Å². The number of carbonyl (C=O) groups excluding carboxylic acids is 1. The second kappa shape index (κ2) is 6.83. The summed E-state index contributed by atoms with van der Waals surface area (Å²) in [7, 11) is 0. The van der Waals surface area contributed by atoms with Gasteiger partial charge in [-0.05, 0) is 24.6 Å². The maximum Gasteiger partial charge on any atom is 0.155 e. The van der Waals surface area contributed by atoms with Crippen LogP contribution < -0.4 is 0 Å². The Bertz CT molecular complexity index is 367. The Balaban J connectivity index is 2.47. The van der Waals surface area contributed by atoms with E-state index >= 15 is 0 Å². The van der Waals surface area contributed by atoms with E-state index in [1.165, 1.54) is 0 Å². The van der Waals surface area contributed by atoms with Crippen LogP contribution in [0.4, 0.5) is 0 Å². The Morgan fingerprint density at radius 2 is 2.06 bits per heavy atom. The molecule has 0 aliphatic heterocycles. The predicted molar refractivity (Wildman–Crippen MR) is 66.3 cm³/mol. The number of hydrogen-bond donors (Lipinski definition) is 1. The summed E-state index contributed by atoms with van der Waals surface area (Å²) >= 11 is 0. The van der Waals surface area contributed by atoms with E-state index in [2.05, 4.69) is 6.92 Å². The molecule has 86 valence electrons. The number of aromatic hydroxyl groups is 1. The summed E-state index contributed by atoms with van der Waals surface area (Å²) in [4.78, 5) is 11.4. The van der Waals surface area contributed by atoms with Crippen LogP contribution >= 0.6 is 0 Å². The fourth-order valence-corrected chi connectivity index (χ4v) is 1.44. The first-order chi connectivity index (χ1) is 7.74. The highest BCUT2D eigenvalue weighted by Gasteiger charge is 1.98. The summed E-state index contributed by atoms with van der Waals surface area (Å²) in [5, 5.41) is 9.47. The van der Waals surface area contributed by atoms with Crippen LogP contribution in [-0.4, -0.2) is 10.9 Å². The van der Waals surface area contributed by atoms with Crippen molar-refractivity contribution in [1.29, 1.82) is 0 Å².